The van der Waals surface area contributed by atoms with Crippen LogP contribution in [-0.4, -0.2) is 36.4 Å². The van der Waals surface area contributed by atoms with Crippen LogP contribution in [0.2, 0.25) is 5.02 Å². The first kappa shape index (κ1) is 14.2. The Morgan fingerprint density at radius 1 is 1.38 bits per heavy atom. The third-order valence-corrected chi connectivity index (χ3v) is 4.13. The number of nitrogens with one attached hydrogen (secondary N) is 1. The Kier molecular flexibility index (Phi) is 4.01. The average Bonchev–Trinajstić information content (AvgIpc) is 2.95. The van der Waals surface area contributed by atoms with Crippen molar-refractivity contribution in [2.45, 2.75) is 19.3 Å². The van der Waals surface area contributed by atoms with Gasteiger partial charge in [-0.3, -0.25) is 9.59 Å². The summed E-state index contributed by atoms with van der Waals surface area (Å²) < 4.78 is 5.64. The fourth-order valence-electron chi connectivity index (χ4n) is 2.68. The highest BCUT2D eigenvalue weighted by molar-refractivity contribution is 6.30. The smallest absolute Gasteiger partial charge is 0.231 e. The van der Waals surface area contributed by atoms with Crippen LogP contribution in [0, 0.1) is 5.92 Å². The van der Waals surface area contributed by atoms with Crippen LogP contribution in [0.4, 0.5) is 5.69 Å². The Bertz CT molecular complexity index is 570. The van der Waals surface area contributed by atoms with Crippen molar-refractivity contribution in [1.82, 2.24) is 4.90 Å². The molecule has 1 saturated heterocycles. The second-order valence-corrected chi connectivity index (χ2v) is 5.87. The molecule has 1 fully saturated rings. The van der Waals surface area contributed by atoms with Crippen LogP contribution in [0.1, 0.15) is 19.3 Å². The van der Waals surface area contributed by atoms with Crippen LogP contribution < -0.4 is 10.1 Å². The molecule has 21 heavy (non-hydrogen) atoms. The van der Waals surface area contributed by atoms with Crippen molar-refractivity contribution < 1.29 is 14.3 Å². The van der Waals surface area contributed by atoms with E-state index in [0.717, 1.165) is 25.9 Å². The Hall–Kier alpha value is -1.75. The van der Waals surface area contributed by atoms with Crippen LogP contribution in [0.5, 0.6) is 5.75 Å². The molecule has 0 bridgehead atoms. The van der Waals surface area contributed by atoms with Crippen LogP contribution in [0.3, 0.4) is 0 Å². The van der Waals surface area contributed by atoms with E-state index in [2.05, 4.69) is 5.32 Å². The number of fused-ring (bicyclic) bond motifs is 1. The zero-order valence-electron chi connectivity index (χ0n) is 11.6. The standard InChI is InChI=1S/C15H17ClN2O3/c16-11-3-4-12-13(8-11)21-9-10(15(20)17-12)7-14(19)18-5-1-2-6-18/h3-4,8,10H,1-2,5-7,9H2,(H,17,20). The lowest BCUT2D eigenvalue weighted by Gasteiger charge is -2.18. The molecule has 0 spiro atoms. The number of hydrogen-bond acceptors (Lipinski definition) is 3. The lowest BCUT2D eigenvalue weighted by molar-refractivity contribution is -0.134. The third-order valence-electron chi connectivity index (χ3n) is 3.89. The van der Waals surface area contributed by atoms with Gasteiger partial charge in [0, 0.05) is 30.6 Å². The van der Waals surface area contributed by atoms with Gasteiger partial charge in [-0.15, -0.1) is 0 Å². The molecule has 3 rings (SSSR count). The molecule has 1 aromatic rings. The number of carbonyl (C=O) groups excluding carboxylic acids is 2. The molecule has 5 nitrogen and oxygen atoms in total. The van der Waals surface area contributed by atoms with E-state index in [-0.39, 0.29) is 24.8 Å². The van der Waals surface area contributed by atoms with E-state index in [4.69, 9.17) is 16.3 Å². The van der Waals surface area contributed by atoms with Crippen LogP contribution in [0.15, 0.2) is 18.2 Å². The molecule has 1 N–H and O–H groups in total. The lowest BCUT2D eigenvalue weighted by atomic mass is 10.1. The number of hydrogen-bond donors (Lipinski definition) is 1. The number of rotatable bonds is 2. The molecular formula is C15H17ClN2O3. The number of nitrogens with zero attached hydrogens (tertiary/aromatic N) is 1. The third kappa shape index (κ3) is 3.13. The zero-order chi connectivity index (χ0) is 14.8. The first-order chi connectivity index (χ1) is 10.1. The van der Waals surface area contributed by atoms with Crippen LogP contribution in [-0.2, 0) is 9.59 Å². The molecule has 0 saturated carbocycles. The molecule has 112 valence electrons. The number of likely N-dealkylation sites (tertiary alicyclic amines) is 1. The van der Waals surface area contributed by atoms with Crippen molar-refractivity contribution in [2.75, 3.05) is 25.0 Å². The molecule has 1 unspecified atom stereocenters. The fourth-order valence-corrected chi connectivity index (χ4v) is 2.84. The Labute approximate surface area is 128 Å². The van der Waals surface area contributed by atoms with Gasteiger partial charge < -0.3 is 15.0 Å². The van der Waals surface area contributed by atoms with Gasteiger partial charge in [-0.2, -0.15) is 0 Å². The SMILES string of the molecule is O=C1Nc2ccc(Cl)cc2OCC1CC(=O)N1CCCC1. The van der Waals surface area contributed by atoms with E-state index in [1.54, 1.807) is 18.2 Å². The minimum Gasteiger partial charge on any atom is -0.491 e. The predicted octanol–water partition coefficient (Wildman–Crippen LogP) is 2.30. The molecular weight excluding hydrogens is 292 g/mol. The van der Waals surface area contributed by atoms with Crippen molar-refractivity contribution >= 4 is 29.1 Å². The summed E-state index contributed by atoms with van der Waals surface area (Å²) in [7, 11) is 0. The average molecular weight is 309 g/mol. The summed E-state index contributed by atoms with van der Waals surface area (Å²) in [5.41, 5.74) is 0.598. The van der Waals surface area contributed by atoms with E-state index in [1.807, 2.05) is 4.90 Å². The van der Waals surface area contributed by atoms with Gasteiger partial charge in [0.25, 0.3) is 0 Å². The molecule has 0 aromatic heterocycles. The van der Waals surface area contributed by atoms with Crippen molar-refractivity contribution in [3.8, 4) is 5.75 Å². The first-order valence-electron chi connectivity index (χ1n) is 7.14. The van der Waals surface area contributed by atoms with E-state index in [1.165, 1.54) is 0 Å². The van der Waals surface area contributed by atoms with Crippen molar-refractivity contribution in [3.63, 3.8) is 0 Å². The quantitative estimate of drug-likeness (QED) is 0.912. The highest BCUT2D eigenvalue weighted by atomic mass is 35.5. The fraction of sp³-hybridized carbons (Fsp3) is 0.467. The minimum atomic E-state index is -0.468. The second kappa shape index (κ2) is 5.93. The van der Waals surface area contributed by atoms with Gasteiger partial charge in [0.05, 0.1) is 11.6 Å². The maximum Gasteiger partial charge on any atom is 0.231 e. The molecule has 2 aliphatic heterocycles. The Morgan fingerprint density at radius 2 is 2.14 bits per heavy atom. The summed E-state index contributed by atoms with van der Waals surface area (Å²) in [6.45, 7) is 1.78. The number of halogens is 1. The number of benzene rings is 1. The molecule has 2 aliphatic rings. The summed E-state index contributed by atoms with van der Waals surface area (Å²) in [5.74, 6) is -0.0693. The summed E-state index contributed by atoms with van der Waals surface area (Å²) in [6, 6.07) is 5.07. The molecule has 1 atom stereocenters. The van der Waals surface area contributed by atoms with E-state index in [9.17, 15) is 9.59 Å². The second-order valence-electron chi connectivity index (χ2n) is 5.43. The highest BCUT2D eigenvalue weighted by Crippen LogP contribution is 2.31. The van der Waals surface area contributed by atoms with Crippen molar-refractivity contribution in [3.05, 3.63) is 23.2 Å². The van der Waals surface area contributed by atoms with E-state index in [0.29, 0.717) is 16.5 Å². The Balaban J connectivity index is 1.68. The monoisotopic (exact) mass is 308 g/mol. The van der Waals surface area contributed by atoms with E-state index < -0.39 is 5.92 Å². The number of amides is 2. The van der Waals surface area contributed by atoms with Gasteiger partial charge >= 0.3 is 0 Å². The largest absolute Gasteiger partial charge is 0.491 e. The summed E-state index contributed by atoms with van der Waals surface area (Å²) in [6.07, 6.45) is 2.28. The van der Waals surface area contributed by atoms with Crippen LogP contribution in [0.25, 0.3) is 0 Å². The number of anilines is 1. The summed E-state index contributed by atoms with van der Waals surface area (Å²) >= 11 is 5.92. The number of ether oxygens (including phenoxy) is 1. The molecule has 2 heterocycles. The zero-order valence-corrected chi connectivity index (χ0v) is 12.4. The molecule has 1 aromatic carbocycles. The van der Waals surface area contributed by atoms with Gasteiger partial charge in [0.15, 0.2) is 0 Å². The first-order valence-corrected chi connectivity index (χ1v) is 7.52. The molecule has 0 radical (unpaired) electrons. The minimum absolute atomic E-state index is 0.0280. The lowest BCUT2D eigenvalue weighted by Crippen LogP contribution is -2.34. The predicted molar refractivity (Wildman–Crippen MR) is 79.5 cm³/mol. The normalized spacial score (nSPS) is 21.3. The molecule has 0 aliphatic carbocycles. The van der Waals surface area contributed by atoms with Gasteiger partial charge in [-0.05, 0) is 25.0 Å². The van der Waals surface area contributed by atoms with Gasteiger partial charge in [0.2, 0.25) is 11.8 Å². The summed E-state index contributed by atoms with van der Waals surface area (Å²) in [5, 5.41) is 3.35. The molecule has 2 amide bonds. The van der Waals surface area contributed by atoms with Gasteiger partial charge in [0.1, 0.15) is 12.4 Å². The van der Waals surface area contributed by atoms with Crippen LogP contribution >= 0.6 is 11.6 Å². The summed E-state index contributed by atoms with van der Waals surface area (Å²) in [4.78, 5) is 26.2. The van der Waals surface area contributed by atoms with Gasteiger partial charge in [-0.25, -0.2) is 0 Å². The topological polar surface area (TPSA) is 58.6 Å². The number of carbonyl (C=O) groups is 2. The maximum absolute atomic E-state index is 12.2. The molecule has 6 heteroatoms. The van der Waals surface area contributed by atoms with Crippen molar-refractivity contribution in [2.24, 2.45) is 5.92 Å². The van der Waals surface area contributed by atoms with E-state index >= 15 is 0 Å². The highest BCUT2D eigenvalue weighted by Gasteiger charge is 2.29. The van der Waals surface area contributed by atoms with Gasteiger partial charge in [-0.1, -0.05) is 11.6 Å². The maximum atomic E-state index is 12.2. The van der Waals surface area contributed by atoms with Crippen molar-refractivity contribution in [1.29, 1.82) is 0 Å². The Morgan fingerprint density at radius 3 is 2.90 bits per heavy atom.